The summed E-state index contributed by atoms with van der Waals surface area (Å²) in [4.78, 5) is 67.0. The number of aromatic amines is 1. The summed E-state index contributed by atoms with van der Waals surface area (Å²) in [5.74, 6) is -3.29. The van der Waals surface area contributed by atoms with Gasteiger partial charge in [-0.3, -0.25) is 24.1 Å². The van der Waals surface area contributed by atoms with E-state index in [1.54, 1.807) is 7.05 Å². The molecule has 2 aliphatic heterocycles. The molecular weight excluding hydrogens is 496 g/mol. The van der Waals surface area contributed by atoms with Crippen molar-refractivity contribution in [2.45, 2.75) is 16.6 Å². The molecule has 0 saturated carbocycles. The van der Waals surface area contributed by atoms with Crippen LogP contribution < -0.4 is 10.1 Å². The van der Waals surface area contributed by atoms with Crippen molar-refractivity contribution in [1.29, 1.82) is 0 Å². The van der Waals surface area contributed by atoms with E-state index in [0.29, 0.717) is 22.9 Å². The maximum absolute atomic E-state index is 12.7. The SMILES string of the molecule is Cn1nnnc1SCC1=C(C(=O)O)N2C(=O)C(NC(=O)C(=O)c3csc(=NC=O)[nH]3)[C@@H]2SC1. The van der Waals surface area contributed by atoms with Crippen molar-refractivity contribution in [2.24, 2.45) is 12.0 Å². The molecule has 0 aliphatic carbocycles. The zero-order chi connectivity index (χ0) is 23.7. The number of carbonyl (C=O) groups is 5. The standard InChI is InChI=1S/C16H14N8O6S3/c1-23-16(20-21-22-23)33-3-6-2-31-13-8(12(28)24(13)9(6)14(29)30)19-11(27)10(26)7-4-32-15(18-7)17-5-25/h4-5,8,13H,2-3H2,1H3,(H,19,27)(H,29,30)(H,17,18,25)/t8?,13-/m0/s1. The minimum absolute atomic E-state index is 0.0817. The first-order valence-corrected chi connectivity index (χ1v) is 12.0. The van der Waals surface area contributed by atoms with Gasteiger partial charge in [0, 0.05) is 23.9 Å². The minimum atomic E-state index is -1.26. The summed E-state index contributed by atoms with van der Waals surface area (Å²) in [6.07, 6.45) is 0.295. The zero-order valence-corrected chi connectivity index (χ0v) is 19.1. The number of aromatic nitrogens is 5. The third-order valence-corrected chi connectivity index (χ3v) is 7.86. The van der Waals surface area contributed by atoms with E-state index in [1.165, 1.54) is 33.6 Å². The number of hydrogen-bond donors (Lipinski definition) is 3. The number of nitrogens with zero attached hydrogens (tertiary/aromatic N) is 6. The van der Waals surface area contributed by atoms with E-state index in [4.69, 9.17) is 0 Å². The molecular formula is C16H14N8O6S3. The predicted octanol–water partition coefficient (Wildman–Crippen LogP) is -1.63. The molecule has 33 heavy (non-hydrogen) atoms. The number of carboxylic acid groups (broad SMARTS) is 1. The van der Waals surface area contributed by atoms with Gasteiger partial charge in [-0.05, 0) is 16.0 Å². The second kappa shape index (κ2) is 9.28. The Morgan fingerprint density at radius 2 is 2.24 bits per heavy atom. The van der Waals surface area contributed by atoms with Crippen LogP contribution >= 0.6 is 34.9 Å². The van der Waals surface area contributed by atoms with E-state index < -0.39 is 35.0 Å². The largest absolute Gasteiger partial charge is 0.477 e. The molecule has 0 radical (unpaired) electrons. The lowest BCUT2D eigenvalue weighted by atomic mass is 10.0. The molecule has 1 unspecified atom stereocenters. The summed E-state index contributed by atoms with van der Waals surface area (Å²) >= 11 is 3.48. The molecule has 0 bridgehead atoms. The quantitative estimate of drug-likeness (QED) is 0.121. The van der Waals surface area contributed by atoms with Crippen molar-refractivity contribution >= 4 is 64.8 Å². The van der Waals surface area contributed by atoms with Crippen LogP contribution in [0.3, 0.4) is 0 Å². The van der Waals surface area contributed by atoms with Gasteiger partial charge in [0.2, 0.25) is 11.6 Å². The van der Waals surface area contributed by atoms with Gasteiger partial charge in [0.15, 0.2) is 4.80 Å². The van der Waals surface area contributed by atoms with Gasteiger partial charge in [0.05, 0.1) is 0 Å². The fourth-order valence-corrected chi connectivity index (χ4v) is 6.13. The number of thiazole rings is 1. The third kappa shape index (κ3) is 4.33. The van der Waals surface area contributed by atoms with Crippen LogP contribution in [0.15, 0.2) is 26.8 Å². The highest BCUT2D eigenvalue weighted by Crippen LogP contribution is 2.41. The third-order valence-electron chi connectivity index (χ3n) is 4.64. The van der Waals surface area contributed by atoms with Gasteiger partial charge in [-0.15, -0.1) is 28.2 Å². The lowest BCUT2D eigenvalue weighted by molar-refractivity contribution is -0.150. The number of aliphatic carboxylic acids is 1. The maximum Gasteiger partial charge on any atom is 0.352 e. The predicted molar refractivity (Wildman–Crippen MR) is 114 cm³/mol. The van der Waals surface area contributed by atoms with Crippen LogP contribution in [0, 0.1) is 0 Å². The van der Waals surface area contributed by atoms with Crippen molar-refractivity contribution in [2.75, 3.05) is 11.5 Å². The normalized spacial score (nSPS) is 20.3. The summed E-state index contributed by atoms with van der Waals surface area (Å²) in [5, 5.41) is 24.3. The van der Waals surface area contributed by atoms with Crippen LogP contribution in [0.1, 0.15) is 10.5 Å². The number of thioether (sulfide) groups is 2. The van der Waals surface area contributed by atoms with Gasteiger partial charge in [-0.25, -0.2) is 9.48 Å². The number of aryl methyl sites for hydroxylation is 1. The number of fused-ring (bicyclic) bond motifs is 1. The highest BCUT2D eigenvalue weighted by Gasteiger charge is 2.54. The summed E-state index contributed by atoms with van der Waals surface area (Å²) in [5.41, 5.74) is 0.293. The molecule has 4 rings (SSSR count). The summed E-state index contributed by atoms with van der Waals surface area (Å²) < 4.78 is 1.45. The number of Topliss-reactive ketones (excluding diaryl/α,β-unsaturated/α-hetero) is 1. The molecule has 3 amide bonds. The second-order valence-corrected chi connectivity index (χ2v) is 9.54. The molecule has 172 valence electrons. The molecule has 2 aliphatic rings. The first-order valence-electron chi connectivity index (χ1n) is 9.07. The number of ketones is 1. The highest BCUT2D eigenvalue weighted by molar-refractivity contribution is 8.01. The molecule has 1 fully saturated rings. The molecule has 4 heterocycles. The van der Waals surface area contributed by atoms with Crippen LogP contribution in [0.5, 0.6) is 0 Å². The van der Waals surface area contributed by atoms with Crippen LogP contribution in [-0.4, -0.2) is 88.1 Å². The minimum Gasteiger partial charge on any atom is -0.477 e. The number of rotatable bonds is 8. The van der Waals surface area contributed by atoms with Crippen molar-refractivity contribution in [3.8, 4) is 0 Å². The van der Waals surface area contributed by atoms with Gasteiger partial charge in [0.1, 0.15) is 22.8 Å². The molecule has 1 saturated heterocycles. The van der Waals surface area contributed by atoms with Crippen molar-refractivity contribution in [3.63, 3.8) is 0 Å². The van der Waals surface area contributed by atoms with E-state index in [0.717, 1.165) is 16.2 Å². The monoisotopic (exact) mass is 510 g/mol. The molecule has 2 aromatic rings. The summed E-state index contributed by atoms with van der Waals surface area (Å²) in [6, 6.07) is -1.05. The fourth-order valence-electron chi connectivity index (χ4n) is 3.13. The smallest absolute Gasteiger partial charge is 0.352 e. The number of nitrogens with one attached hydrogen (secondary N) is 2. The maximum atomic E-state index is 12.7. The first kappa shape index (κ1) is 22.9. The Labute approximate surface area is 196 Å². The number of H-pyrrole nitrogens is 1. The van der Waals surface area contributed by atoms with Gasteiger partial charge < -0.3 is 15.4 Å². The number of carboxylic acids is 1. The Morgan fingerprint density at radius 1 is 1.45 bits per heavy atom. The topological polar surface area (TPSA) is 193 Å². The van der Waals surface area contributed by atoms with Crippen molar-refractivity contribution < 1.29 is 29.1 Å². The molecule has 0 aromatic carbocycles. The Bertz CT molecular complexity index is 1260. The Kier molecular flexibility index (Phi) is 6.43. The average Bonchev–Trinajstić information content (AvgIpc) is 3.43. The number of hydrogen-bond acceptors (Lipinski definition) is 11. The van der Waals surface area contributed by atoms with Crippen molar-refractivity contribution in [3.05, 3.63) is 27.1 Å². The molecule has 17 heteroatoms. The number of carbonyl (C=O) groups excluding carboxylic acids is 4. The molecule has 2 aromatic heterocycles. The Balaban J connectivity index is 1.46. The second-order valence-electron chi connectivity index (χ2n) is 6.64. The molecule has 2 atom stereocenters. The zero-order valence-electron chi connectivity index (χ0n) is 16.6. The van der Waals surface area contributed by atoms with Gasteiger partial charge in [-0.1, -0.05) is 11.8 Å². The molecule has 0 spiro atoms. The van der Waals surface area contributed by atoms with E-state index >= 15 is 0 Å². The summed E-state index contributed by atoms with van der Waals surface area (Å²) in [7, 11) is 1.65. The van der Waals surface area contributed by atoms with E-state index in [9.17, 15) is 29.1 Å². The van der Waals surface area contributed by atoms with E-state index in [1.807, 2.05) is 0 Å². The van der Waals surface area contributed by atoms with Crippen LogP contribution in [-0.2, 0) is 26.2 Å². The van der Waals surface area contributed by atoms with Crippen LogP contribution in [0.4, 0.5) is 0 Å². The van der Waals surface area contributed by atoms with Crippen LogP contribution in [0.25, 0.3) is 0 Å². The Hall–Kier alpha value is -3.31. The lowest BCUT2D eigenvalue weighted by Gasteiger charge is -2.49. The molecule has 3 N–H and O–H groups in total. The fraction of sp³-hybridized carbons (Fsp3) is 0.312. The molecule has 14 nitrogen and oxygen atoms in total. The van der Waals surface area contributed by atoms with E-state index in [-0.39, 0.29) is 21.9 Å². The first-order chi connectivity index (χ1) is 15.8. The lowest BCUT2D eigenvalue weighted by Crippen LogP contribution is -2.71. The van der Waals surface area contributed by atoms with E-state index in [2.05, 4.69) is 30.8 Å². The number of β-lactam (4-membered cyclic amide) rings is 1. The highest BCUT2D eigenvalue weighted by atomic mass is 32.2. The van der Waals surface area contributed by atoms with Crippen molar-refractivity contribution in [1.82, 2.24) is 35.4 Å². The Morgan fingerprint density at radius 3 is 2.91 bits per heavy atom. The number of amides is 3. The van der Waals surface area contributed by atoms with Crippen LogP contribution in [0.2, 0.25) is 0 Å². The summed E-state index contributed by atoms with van der Waals surface area (Å²) in [6.45, 7) is 0. The average molecular weight is 511 g/mol. The van der Waals surface area contributed by atoms with Gasteiger partial charge >= 0.3 is 5.97 Å². The van der Waals surface area contributed by atoms with Gasteiger partial charge in [-0.2, -0.15) is 4.99 Å². The van der Waals surface area contributed by atoms with Gasteiger partial charge in [0.25, 0.3) is 17.6 Å². The number of tetrazole rings is 1.